The molecule has 13 heteroatoms. The molecule has 2 amide bonds. The second kappa shape index (κ2) is 15.2. The van der Waals surface area contributed by atoms with Gasteiger partial charge in [0.15, 0.2) is 0 Å². The van der Waals surface area contributed by atoms with Crippen LogP contribution in [-0.4, -0.2) is 70.4 Å². The number of amides is 2. The Hall–Kier alpha value is -4.81. The van der Waals surface area contributed by atoms with Crippen LogP contribution in [0.3, 0.4) is 0 Å². The van der Waals surface area contributed by atoms with Crippen LogP contribution in [0.4, 0.5) is 0 Å². The van der Waals surface area contributed by atoms with Gasteiger partial charge in [0.05, 0.1) is 28.4 Å². The van der Waals surface area contributed by atoms with Crippen LogP contribution in [0.25, 0.3) is 39.2 Å². The molecular formula is C38H37Cl2N7O4. The van der Waals surface area contributed by atoms with Gasteiger partial charge in [-0.1, -0.05) is 65.7 Å². The number of ether oxygens (including phenoxy) is 1. The van der Waals surface area contributed by atoms with E-state index in [1.807, 2.05) is 60.7 Å². The van der Waals surface area contributed by atoms with Gasteiger partial charge in [0.25, 0.3) is 5.56 Å². The average molecular weight is 727 g/mol. The zero-order valence-corrected chi connectivity index (χ0v) is 29.6. The number of rotatable bonds is 10. The van der Waals surface area contributed by atoms with Crippen molar-refractivity contribution in [2.75, 3.05) is 33.3 Å². The number of halogens is 2. The van der Waals surface area contributed by atoms with Crippen LogP contribution in [0.2, 0.25) is 10.0 Å². The number of carbonyl (C=O) groups is 2. The third-order valence-electron chi connectivity index (χ3n) is 9.38. The van der Waals surface area contributed by atoms with Gasteiger partial charge in [0.2, 0.25) is 17.7 Å². The second-order valence-corrected chi connectivity index (χ2v) is 13.5. The van der Waals surface area contributed by atoms with Gasteiger partial charge in [-0.3, -0.25) is 23.7 Å². The van der Waals surface area contributed by atoms with Crippen LogP contribution in [0.1, 0.15) is 30.4 Å². The molecule has 2 aromatic carbocycles. The van der Waals surface area contributed by atoms with Crippen LogP contribution in [0, 0.1) is 0 Å². The molecule has 11 nitrogen and oxygen atoms in total. The molecule has 2 fully saturated rings. The first-order valence-corrected chi connectivity index (χ1v) is 17.7. The van der Waals surface area contributed by atoms with Crippen molar-refractivity contribution in [3.8, 4) is 39.4 Å². The summed E-state index contributed by atoms with van der Waals surface area (Å²) in [4.78, 5) is 48.1. The fraction of sp³-hybridized carbons (Fsp3) is 0.289. The third-order valence-corrected chi connectivity index (χ3v) is 10.2. The molecular weight excluding hydrogens is 689 g/mol. The minimum absolute atomic E-state index is 0.0252. The maximum absolute atomic E-state index is 13.4. The summed E-state index contributed by atoms with van der Waals surface area (Å²) in [7, 11) is 1.59. The van der Waals surface area contributed by atoms with E-state index in [9.17, 15) is 14.4 Å². The van der Waals surface area contributed by atoms with E-state index in [4.69, 9.17) is 32.9 Å². The highest BCUT2D eigenvalue weighted by atomic mass is 35.5. The van der Waals surface area contributed by atoms with E-state index in [0.29, 0.717) is 84.9 Å². The lowest BCUT2D eigenvalue weighted by Gasteiger charge is -2.18. The van der Waals surface area contributed by atoms with Gasteiger partial charge in [0, 0.05) is 98.4 Å². The number of hydrogen-bond acceptors (Lipinski definition) is 8. The molecule has 1 atom stereocenters. The van der Waals surface area contributed by atoms with Crippen molar-refractivity contribution in [2.24, 2.45) is 0 Å². The lowest BCUT2D eigenvalue weighted by Crippen LogP contribution is -2.35. The number of fused-ring (bicyclic) bond motifs is 1. The number of pyridine rings is 2. The molecule has 2 aliphatic heterocycles. The second-order valence-electron chi connectivity index (χ2n) is 12.7. The summed E-state index contributed by atoms with van der Waals surface area (Å²) < 4.78 is 7.18. The van der Waals surface area contributed by atoms with Gasteiger partial charge in [-0.15, -0.1) is 0 Å². The van der Waals surface area contributed by atoms with Crippen molar-refractivity contribution in [3.63, 3.8) is 0 Å². The maximum Gasteiger partial charge on any atom is 0.262 e. The van der Waals surface area contributed by atoms with E-state index in [-0.39, 0.29) is 23.4 Å². The summed E-state index contributed by atoms with van der Waals surface area (Å²) >= 11 is 14.2. The Labute approximate surface area is 305 Å². The Morgan fingerprint density at radius 3 is 2.43 bits per heavy atom. The van der Waals surface area contributed by atoms with E-state index < -0.39 is 0 Å². The first kappa shape index (κ1) is 34.6. The van der Waals surface area contributed by atoms with Crippen LogP contribution < -0.4 is 26.2 Å². The molecule has 3 aromatic heterocycles. The number of benzene rings is 2. The Balaban J connectivity index is 1.13. The van der Waals surface area contributed by atoms with Crippen molar-refractivity contribution in [1.82, 2.24) is 35.2 Å². The Morgan fingerprint density at radius 1 is 0.902 bits per heavy atom. The number of nitrogens with one attached hydrogen (secondary N) is 3. The summed E-state index contributed by atoms with van der Waals surface area (Å²) in [6.07, 6.45) is 5.14. The molecule has 2 aliphatic rings. The highest BCUT2D eigenvalue weighted by Crippen LogP contribution is 2.42. The molecule has 0 aliphatic carbocycles. The molecule has 2 saturated heterocycles. The summed E-state index contributed by atoms with van der Waals surface area (Å²) in [6.45, 7) is 3.45. The molecule has 0 unspecified atom stereocenters. The van der Waals surface area contributed by atoms with Gasteiger partial charge in [-0.05, 0) is 30.2 Å². The van der Waals surface area contributed by atoms with Crippen molar-refractivity contribution in [1.29, 1.82) is 0 Å². The van der Waals surface area contributed by atoms with Crippen LogP contribution in [0.5, 0.6) is 5.88 Å². The van der Waals surface area contributed by atoms with Gasteiger partial charge in [-0.25, -0.2) is 9.97 Å². The fourth-order valence-electron chi connectivity index (χ4n) is 6.64. The van der Waals surface area contributed by atoms with E-state index in [1.54, 1.807) is 19.5 Å². The van der Waals surface area contributed by atoms with Crippen molar-refractivity contribution in [2.45, 2.75) is 38.4 Å². The Kier molecular flexibility index (Phi) is 10.3. The fourth-order valence-corrected chi connectivity index (χ4v) is 7.31. The smallest absolute Gasteiger partial charge is 0.262 e. The topological polar surface area (TPSA) is 130 Å². The molecule has 262 valence electrons. The number of nitrogens with zero attached hydrogens (tertiary/aromatic N) is 4. The quantitative estimate of drug-likeness (QED) is 0.182. The minimum Gasteiger partial charge on any atom is -0.481 e. The zero-order chi connectivity index (χ0) is 35.5. The van der Waals surface area contributed by atoms with E-state index in [0.717, 1.165) is 39.8 Å². The minimum atomic E-state index is -0.146. The van der Waals surface area contributed by atoms with Crippen molar-refractivity contribution in [3.05, 3.63) is 105 Å². The summed E-state index contributed by atoms with van der Waals surface area (Å²) in [5.41, 5.74) is 6.27. The standard InChI is InChI=1S/C38H37Cl2N7O4/c1-51-37-24(19-41-21-26-9-11-34(49)44-26)8-10-31(45-37)30-7-3-6-29(36(30)40)28-5-2-4-27(35(28)39)23-12-16-47-32(18-23)43-20-25(38(47)50)22-46-15-13-33(48)42-14-17-46/h2-8,10,12,16,18,20,26,41H,9,11,13-15,17,19,21-22H2,1H3,(H,42,48)(H,44,49)/t26-/m0/s1. The van der Waals surface area contributed by atoms with E-state index in [2.05, 4.69) is 25.8 Å². The Bertz CT molecular complexity index is 2190. The average Bonchev–Trinajstić information content (AvgIpc) is 3.45. The van der Waals surface area contributed by atoms with Crippen molar-refractivity contribution >= 4 is 40.7 Å². The SMILES string of the molecule is COc1nc(-c2cccc(-c3cccc(-c4ccn5c(=O)c(CN6CCNC(=O)CC6)cnc5c4)c3Cl)c2Cl)ccc1CNC[C@@H]1CCC(=O)N1. The highest BCUT2D eigenvalue weighted by molar-refractivity contribution is 6.39. The van der Waals surface area contributed by atoms with Crippen LogP contribution in [-0.2, 0) is 22.7 Å². The third kappa shape index (κ3) is 7.48. The predicted molar refractivity (Wildman–Crippen MR) is 198 cm³/mol. The molecule has 3 N–H and O–H groups in total. The van der Waals surface area contributed by atoms with Crippen LogP contribution >= 0.6 is 23.2 Å². The summed E-state index contributed by atoms with van der Waals surface area (Å²) in [5.74, 6) is 0.607. The Morgan fingerprint density at radius 2 is 1.67 bits per heavy atom. The molecule has 0 saturated carbocycles. The summed E-state index contributed by atoms with van der Waals surface area (Å²) in [5, 5.41) is 10.2. The monoisotopic (exact) mass is 725 g/mol. The molecule has 7 rings (SSSR count). The zero-order valence-electron chi connectivity index (χ0n) is 28.0. The molecule has 0 spiro atoms. The normalized spacial score (nSPS) is 16.6. The van der Waals surface area contributed by atoms with Gasteiger partial charge in [0.1, 0.15) is 5.65 Å². The first-order chi connectivity index (χ1) is 24.8. The van der Waals surface area contributed by atoms with Gasteiger partial charge in [-0.2, -0.15) is 0 Å². The largest absolute Gasteiger partial charge is 0.481 e. The maximum atomic E-state index is 13.4. The first-order valence-electron chi connectivity index (χ1n) is 16.9. The van der Waals surface area contributed by atoms with Crippen LogP contribution in [0.15, 0.2) is 77.9 Å². The number of methoxy groups -OCH3 is 1. The lowest BCUT2D eigenvalue weighted by molar-refractivity contribution is -0.121. The molecule has 5 heterocycles. The van der Waals surface area contributed by atoms with Crippen molar-refractivity contribution < 1.29 is 14.3 Å². The summed E-state index contributed by atoms with van der Waals surface area (Å²) in [6, 6.07) is 19.2. The molecule has 51 heavy (non-hydrogen) atoms. The molecule has 0 radical (unpaired) electrons. The molecule has 0 bridgehead atoms. The van der Waals surface area contributed by atoms with E-state index >= 15 is 0 Å². The van der Waals surface area contributed by atoms with E-state index in [1.165, 1.54) is 4.40 Å². The number of hydrogen-bond donors (Lipinski definition) is 3. The lowest BCUT2D eigenvalue weighted by atomic mass is 9.97. The predicted octanol–water partition coefficient (Wildman–Crippen LogP) is 5.10. The molecule has 5 aromatic rings. The van der Waals surface area contributed by atoms with Gasteiger partial charge >= 0.3 is 0 Å². The number of aromatic nitrogens is 3. The highest BCUT2D eigenvalue weighted by Gasteiger charge is 2.21. The van der Waals surface area contributed by atoms with Gasteiger partial charge < -0.3 is 20.7 Å². The number of carbonyl (C=O) groups excluding carboxylic acids is 2.